The van der Waals surface area contributed by atoms with E-state index >= 15 is 0 Å². The summed E-state index contributed by atoms with van der Waals surface area (Å²) in [6, 6.07) is 6.72. The number of aryl methyl sites for hydroxylation is 1. The highest BCUT2D eigenvalue weighted by atomic mass is 19.2. The van der Waals surface area contributed by atoms with Crippen LogP contribution in [0, 0.1) is 18.6 Å². The van der Waals surface area contributed by atoms with Crippen LogP contribution in [0.1, 0.15) is 17.5 Å². The lowest BCUT2D eigenvalue weighted by atomic mass is 10.1. The number of hydrogen-bond donors (Lipinski definition) is 2. The van der Waals surface area contributed by atoms with Crippen molar-refractivity contribution in [3.8, 4) is 11.5 Å². The van der Waals surface area contributed by atoms with Crippen molar-refractivity contribution >= 4 is 5.82 Å². The second kappa shape index (κ2) is 6.71. The van der Waals surface area contributed by atoms with Crippen LogP contribution in [0.2, 0.25) is 0 Å². The fourth-order valence-electron chi connectivity index (χ4n) is 2.16. The number of aromatic nitrogens is 3. The van der Waals surface area contributed by atoms with E-state index in [1.54, 1.807) is 25.3 Å². The van der Waals surface area contributed by atoms with Gasteiger partial charge in [-0.15, -0.1) is 0 Å². The maximum absolute atomic E-state index is 13.2. The van der Waals surface area contributed by atoms with E-state index in [4.69, 9.17) is 4.52 Å². The standard InChI is InChI=1S/C16H14F2N4O2/c1-9-21-16(24-22-9)11-3-2-6-19-15(11)20-8-14(23)10-4-5-12(17)13(18)7-10/h2-7,14,23H,8H2,1H3,(H,19,20)/t14-/m0/s1. The molecule has 0 aliphatic carbocycles. The SMILES string of the molecule is Cc1noc(-c2cccnc2NC[C@H](O)c2ccc(F)c(F)c2)n1. The summed E-state index contributed by atoms with van der Waals surface area (Å²) in [5, 5.41) is 16.8. The summed E-state index contributed by atoms with van der Waals surface area (Å²) in [5.41, 5.74) is 0.836. The summed E-state index contributed by atoms with van der Waals surface area (Å²) in [6.45, 7) is 1.74. The zero-order valence-electron chi connectivity index (χ0n) is 12.7. The van der Waals surface area contributed by atoms with Crippen molar-refractivity contribution in [3.05, 3.63) is 59.6 Å². The number of pyridine rings is 1. The minimum Gasteiger partial charge on any atom is -0.387 e. The zero-order chi connectivity index (χ0) is 17.1. The number of halogens is 2. The van der Waals surface area contributed by atoms with Crippen LogP contribution >= 0.6 is 0 Å². The molecule has 124 valence electrons. The number of anilines is 1. The molecule has 8 heteroatoms. The van der Waals surface area contributed by atoms with Gasteiger partial charge in [0.2, 0.25) is 0 Å². The Morgan fingerprint density at radius 3 is 2.79 bits per heavy atom. The number of benzene rings is 1. The normalized spacial score (nSPS) is 12.2. The molecule has 0 saturated carbocycles. The van der Waals surface area contributed by atoms with Crippen molar-refractivity contribution in [3.63, 3.8) is 0 Å². The molecule has 0 unspecified atom stereocenters. The molecule has 24 heavy (non-hydrogen) atoms. The van der Waals surface area contributed by atoms with Crippen LogP contribution in [0.3, 0.4) is 0 Å². The van der Waals surface area contributed by atoms with Gasteiger partial charge in [-0.3, -0.25) is 0 Å². The van der Waals surface area contributed by atoms with Crippen molar-refractivity contribution in [2.75, 3.05) is 11.9 Å². The largest absolute Gasteiger partial charge is 0.387 e. The Kier molecular flexibility index (Phi) is 4.48. The highest BCUT2D eigenvalue weighted by molar-refractivity contribution is 5.68. The van der Waals surface area contributed by atoms with E-state index in [1.165, 1.54) is 6.07 Å². The van der Waals surface area contributed by atoms with Gasteiger partial charge in [0.05, 0.1) is 11.7 Å². The second-order valence-electron chi connectivity index (χ2n) is 5.12. The summed E-state index contributed by atoms with van der Waals surface area (Å²) in [5.74, 6) is -0.751. The van der Waals surface area contributed by atoms with Crippen LogP contribution in [0.15, 0.2) is 41.1 Å². The Bertz CT molecular complexity index is 854. The topological polar surface area (TPSA) is 84.1 Å². The van der Waals surface area contributed by atoms with E-state index in [0.29, 0.717) is 23.1 Å². The summed E-state index contributed by atoms with van der Waals surface area (Å²) in [7, 11) is 0. The van der Waals surface area contributed by atoms with E-state index in [1.807, 2.05) is 0 Å². The zero-order valence-corrected chi connectivity index (χ0v) is 12.7. The number of nitrogens with zero attached hydrogens (tertiary/aromatic N) is 3. The van der Waals surface area contributed by atoms with Crippen LogP contribution in [-0.4, -0.2) is 26.8 Å². The van der Waals surface area contributed by atoms with Crippen LogP contribution in [0.25, 0.3) is 11.5 Å². The minimum atomic E-state index is -1.04. The van der Waals surface area contributed by atoms with Gasteiger partial charge in [-0.25, -0.2) is 13.8 Å². The third-order valence-corrected chi connectivity index (χ3v) is 3.36. The molecule has 0 spiro atoms. The molecule has 0 aliphatic heterocycles. The summed E-state index contributed by atoms with van der Waals surface area (Å²) < 4.78 is 31.3. The Morgan fingerprint density at radius 1 is 1.25 bits per heavy atom. The van der Waals surface area contributed by atoms with Crippen LogP contribution in [0.4, 0.5) is 14.6 Å². The maximum atomic E-state index is 13.2. The summed E-state index contributed by atoms with van der Waals surface area (Å²) >= 11 is 0. The van der Waals surface area contributed by atoms with Gasteiger partial charge >= 0.3 is 0 Å². The second-order valence-corrected chi connectivity index (χ2v) is 5.12. The number of rotatable bonds is 5. The first kappa shape index (κ1) is 16.0. The Hall–Kier alpha value is -2.87. The van der Waals surface area contributed by atoms with Gasteiger partial charge in [0.25, 0.3) is 5.89 Å². The quantitative estimate of drug-likeness (QED) is 0.747. The molecule has 2 N–H and O–H groups in total. The number of aliphatic hydroxyl groups excluding tert-OH is 1. The summed E-state index contributed by atoms with van der Waals surface area (Å²) in [4.78, 5) is 8.31. The molecule has 1 aromatic carbocycles. The third-order valence-electron chi connectivity index (χ3n) is 3.36. The van der Waals surface area contributed by atoms with Crippen molar-refractivity contribution in [1.29, 1.82) is 0 Å². The van der Waals surface area contributed by atoms with Crippen molar-refractivity contribution in [2.24, 2.45) is 0 Å². The molecule has 0 aliphatic rings. The van der Waals surface area contributed by atoms with E-state index in [-0.39, 0.29) is 12.1 Å². The first-order chi connectivity index (χ1) is 11.5. The molecule has 1 atom stereocenters. The van der Waals surface area contributed by atoms with Crippen LogP contribution < -0.4 is 5.32 Å². The molecular formula is C16H14F2N4O2. The van der Waals surface area contributed by atoms with Gasteiger partial charge in [0.15, 0.2) is 17.5 Å². The average molecular weight is 332 g/mol. The van der Waals surface area contributed by atoms with Crippen molar-refractivity contribution < 1.29 is 18.4 Å². The van der Waals surface area contributed by atoms with E-state index in [2.05, 4.69) is 20.4 Å². The van der Waals surface area contributed by atoms with Gasteiger partial charge in [0.1, 0.15) is 5.82 Å². The molecule has 2 aromatic heterocycles. The fourth-order valence-corrected chi connectivity index (χ4v) is 2.16. The van der Waals surface area contributed by atoms with Gasteiger partial charge in [-0.05, 0) is 36.8 Å². The van der Waals surface area contributed by atoms with Crippen LogP contribution in [-0.2, 0) is 0 Å². The predicted molar refractivity (Wildman–Crippen MR) is 82.1 cm³/mol. The predicted octanol–water partition coefficient (Wildman–Crippen LogP) is 2.86. The maximum Gasteiger partial charge on any atom is 0.261 e. The van der Waals surface area contributed by atoms with Gasteiger partial charge in [0, 0.05) is 12.7 Å². The molecule has 6 nitrogen and oxygen atoms in total. The lowest BCUT2D eigenvalue weighted by molar-refractivity contribution is 0.191. The minimum absolute atomic E-state index is 0.0439. The molecule has 3 aromatic rings. The van der Waals surface area contributed by atoms with E-state index in [9.17, 15) is 13.9 Å². The molecule has 3 rings (SSSR count). The molecule has 0 fully saturated rings. The first-order valence-electron chi connectivity index (χ1n) is 7.17. The lowest BCUT2D eigenvalue weighted by Crippen LogP contribution is -2.14. The average Bonchev–Trinajstić information content (AvgIpc) is 3.01. The fraction of sp³-hybridized carbons (Fsp3) is 0.188. The Balaban J connectivity index is 1.76. The Labute approximate surface area is 136 Å². The Morgan fingerprint density at radius 2 is 2.08 bits per heavy atom. The highest BCUT2D eigenvalue weighted by Crippen LogP contribution is 2.25. The van der Waals surface area contributed by atoms with Crippen molar-refractivity contribution in [2.45, 2.75) is 13.0 Å². The molecular weight excluding hydrogens is 318 g/mol. The van der Waals surface area contributed by atoms with E-state index in [0.717, 1.165) is 12.1 Å². The van der Waals surface area contributed by atoms with Gasteiger partial charge in [-0.1, -0.05) is 11.2 Å². The lowest BCUT2D eigenvalue weighted by Gasteiger charge is -2.14. The smallest absolute Gasteiger partial charge is 0.261 e. The number of aliphatic hydroxyl groups is 1. The van der Waals surface area contributed by atoms with Crippen molar-refractivity contribution in [1.82, 2.24) is 15.1 Å². The van der Waals surface area contributed by atoms with Gasteiger partial charge in [-0.2, -0.15) is 4.98 Å². The molecule has 0 radical (unpaired) electrons. The monoisotopic (exact) mass is 332 g/mol. The number of hydrogen-bond acceptors (Lipinski definition) is 6. The molecule has 0 saturated heterocycles. The van der Waals surface area contributed by atoms with Gasteiger partial charge < -0.3 is 14.9 Å². The van der Waals surface area contributed by atoms with E-state index < -0.39 is 17.7 Å². The molecule has 0 amide bonds. The first-order valence-corrected chi connectivity index (χ1v) is 7.17. The highest BCUT2D eigenvalue weighted by Gasteiger charge is 2.15. The molecule has 0 bridgehead atoms. The molecule has 2 heterocycles. The third kappa shape index (κ3) is 3.38. The number of nitrogens with one attached hydrogen (secondary N) is 1. The summed E-state index contributed by atoms with van der Waals surface area (Å²) in [6.07, 6.45) is 0.526. The van der Waals surface area contributed by atoms with Crippen LogP contribution in [0.5, 0.6) is 0 Å².